The predicted octanol–water partition coefficient (Wildman–Crippen LogP) is -0.688. The van der Waals surface area contributed by atoms with Gasteiger partial charge in [-0.1, -0.05) is 0 Å². The lowest BCUT2D eigenvalue weighted by Crippen LogP contribution is -2.49. The average molecular weight is 281 g/mol. The number of carboxylic acid groups (broad SMARTS) is 1. The van der Waals surface area contributed by atoms with Crippen molar-refractivity contribution < 1.29 is 19.4 Å². The molecule has 0 bridgehead atoms. The lowest BCUT2D eigenvalue weighted by atomic mass is 10.1. The molecule has 2 rings (SSSR count). The Labute approximate surface area is 114 Å². The molecule has 0 saturated carbocycles. The fourth-order valence-corrected chi connectivity index (χ4v) is 2.02. The zero-order chi connectivity index (χ0) is 14.9. The number of nitrogens with one attached hydrogen (secondary N) is 1. The summed E-state index contributed by atoms with van der Waals surface area (Å²) in [5, 5.41) is 15.0. The van der Waals surface area contributed by atoms with Gasteiger partial charge in [0.05, 0.1) is 18.8 Å². The Bertz CT molecular complexity index is 610. The highest BCUT2D eigenvalue weighted by Crippen LogP contribution is 2.12. The molecule has 8 nitrogen and oxygen atoms in total. The van der Waals surface area contributed by atoms with Crippen molar-refractivity contribution >= 4 is 11.9 Å². The van der Waals surface area contributed by atoms with Crippen molar-refractivity contribution in [3.05, 3.63) is 27.2 Å². The van der Waals surface area contributed by atoms with Crippen LogP contribution in [-0.4, -0.2) is 57.9 Å². The monoisotopic (exact) mass is 281 g/mol. The zero-order valence-electron chi connectivity index (χ0n) is 11.2. The van der Waals surface area contributed by atoms with Crippen LogP contribution in [0.5, 0.6) is 0 Å². The van der Waals surface area contributed by atoms with Crippen molar-refractivity contribution in [1.82, 2.24) is 15.1 Å². The molecule has 108 valence electrons. The maximum atomic E-state index is 12.4. The summed E-state index contributed by atoms with van der Waals surface area (Å²) in [4.78, 5) is 36.4. The van der Waals surface area contributed by atoms with Gasteiger partial charge in [-0.2, -0.15) is 5.10 Å². The van der Waals surface area contributed by atoms with E-state index in [1.807, 2.05) is 0 Å². The Morgan fingerprint density at radius 1 is 1.45 bits per heavy atom. The molecule has 2 N–H and O–H groups in total. The molecule has 8 heteroatoms. The van der Waals surface area contributed by atoms with Crippen molar-refractivity contribution in [2.45, 2.75) is 20.0 Å². The molecule has 1 aliphatic heterocycles. The van der Waals surface area contributed by atoms with Gasteiger partial charge in [-0.3, -0.25) is 9.59 Å². The summed E-state index contributed by atoms with van der Waals surface area (Å²) in [6, 6.07) is 0. The maximum Gasteiger partial charge on any atom is 0.334 e. The minimum Gasteiger partial charge on any atom is -0.479 e. The molecule has 1 fully saturated rings. The number of nitrogens with zero attached hydrogens (tertiary/aromatic N) is 2. The van der Waals surface area contributed by atoms with Gasteiger partial charge in [0.15, 0.2) is 6.10 Å². The van der Waals surface area contributed by atoms with E-state index in [9.17, 15) is 14.4 Å². The molecular weight excluding hydrogens is 266 g/mol. The van der Waals surface area contributed by atoms with Crippen molar-refractivity contribution in [3.63, 3.8) is 0 Å². The van der Waals surface area contributed by atoms with Gasteiger partial charge in [-0.15, -0.1) is 0 Å². The first-order valence-corrected chi connectivity index (χ1v) is 6.11. The molecule has 0 radical (unpaired) electrons. The lowest BCUT2D eigenvalue weighted by Gasteiger charge is -2.31. The number of amides is 1. The molecule has 20 heavy (non-hydrogen) atoms. The number of ether oxygens (including phenoxy) is 1. The molecule has 0 aliphatic carbocycles. The topological polar surface area (TPSA) is 113 Å². The summed E-state index contributed by atoms with van der Waals surface area (Å²) in [6.07, 6.45) is -1.06. The van der Waals surface area contributed by atoms with Crippen LogP contribution in [-0.2, 0) is 9.53 Å². The minimum absolute atomic E-state index is 0.00328. The van der Waals surface area contributed by atoms with Gasteiger partial charge in [0.25, 0.3) is 11.5 Å². The standard InChI is InChI=1S/C12H15N3O5/c1-6-7(2)13-14-10(16)9(6)11(17)15-3-4-20-8(5-15)12(18)19/h8H,3-5H2,1-2H3,(H,14,16)(H,18,19). The van der Waals surface area contributed by atoms with E-state index in [0.717, 1.165) is 0 Å². The average Bonchev–Trinajstić information content (AvgIpc) is 2.43. The number of rotatable bonds is 2. The van der Waals surface area contributed by atoms with Crippen LogP contribution in [0.3, 0.4) is 0 Å². The van der Waals surface area contributed by atoms with Gasteiger partial charge in [-0.05, 0) is 19.4 Å². The number of morpholine rings is 1. The van der Waals surface area contributed by atoms with Gasteiger partial charge >= 0.3 is 5.97 Å². The molecule has 1 unspecified atom stereocenters. The molecular formula is C12H15N3O5. The van der Waals surface area contributed by atoms with E-state index in [2.05, 4.69) is 10.2 Å². The van der Waals surface area contributed by atoms with Crippen LogP contribution in [0.15, 0.2) is 4.79 Å². The molecule has 1 aliphatic rings. The van der Waals surface area contributed by atoms with Crippen molar-refractivity contribution in [1.29, 1.82) is 0 Å². The third kappa shape index (κ3) is 2.55. The highest BCUT2D eigenvalue weighted by Gasteiger charge is 2.31. The smallest absolute Gasteiger partial charge is 0.334 e. The van der Waals surface area contributed by atoms with E-state index in [1.165, 1.54) is 4.90 Å². The van der Waals surface area contributed by atoms with Gasteiger partial charge in [0.1, 0.15) is 5.56 Å². The van der Waals surface area contributed by atoms with Gasteiger partial charge < -0.3 is 14.7 Å². The van der Waals surface area contributed by atoms with Crippen molar-refractivity contribution in [2.24, 2.45) is 0 Å². The molecule has 1 aromatic heterocycles. The second-order valence-corrected chi connectivity index (χ2v) is 4.59. The SMILES string of the molecule is Cc1n[nH]c(=O)c(C(=O)N2CCOC(C(=O)O)C2)c1C. The quantitative estimate of drug-likeness (QED) is 0.742. The van der Waals surface area contributed by atoms with Crippen molar-refractivity contribution in [2.75, 3.05) is 19.7 Å². The van der Waals surface area contributed by atoms with Crippen LogP contribution in [0.1, 0.15) is 21.6 Å². The number of H-pyrrole nitrogens is 1. The second kappa shape index (κ2) is 5.41. The summed E-state index contributed by atoms with van der Waals surface area (Å²) >= 11 is 0. The van der Waals surface area contributed by atoms with Crippen LogP contribution >= 0.6 is 0 Å². The molecule has 0 spiro atoms. The Hall–Kier alpha value is -2.22. The van der Waals surface area contributed by atoms with Crippen LogP contribution in [0.4, 0.5) is 0 Å². The van der Waals surface area contributed by atoms with Crippen LogP contribution in [0.2, 0.25) is 0 Å². The first-order valence-electron chi connectivity index (χ1n) is 6.11. The van der Waals surface area contributed by atoms with Gasteiger partial charge in [0, 0.05) is 6.54 Å². The number of hydrogen-bond acceptors (Lipinski definition) is 5. The Balaban J connectivity index is 2.30. The number of aromatic amines is 1. The summed E-state index contributed by atoms with van der Waals surface area (Å²) in [7, 11) is 0. The number of aliphatic carboxylic acids is 1. The van der Waals surface area contributed by atoms with Crippen LogP contribution in [0, 0.1) is 13.8 Å². The zero-order valence-corrected chi connectivity index (χ0v) is 11.2. The Morgan fingerprint density at radius 3 is 2.80 bits per heavy atom. The van der Waals surface area contributed by atoms with Crippen LogP contribution in [0.25, 0.3) is 0 Å². The Kier molecular flexibility index (Phi) is 3.84. The molecule has 1 aromatic rings. The first-order chi connectivity index (χ1) is 9.41. The number of hydrogen-bond donors (Lipinski definition) is 2. The van der Waals surface area contributed by atoms with E-state index in [1.54, 1.807) is 13.8 Å². The largest absolute Gasteiger partial charge is 0.479 e. The second-order valence-electron chi connectivity index (χ2n) is 4.59. The fraction of sp³-hybridized carbons (Fsp3) is 0.500. The summed E-state index contributed by atoms with van der Waals surface area (Å²) in [5.74, 6) is -1.62. The predicted molar refractivity (Wildman–Crippen MR) is 67.6 cm³/mol. The fourth-order valence-electron chi connectivity index (χ4n) is 2.02. The van der Waals surface area contributed by atoms with Crippen molar-refractivity contribution in [3.8, 4) is 0 Å². The third-order valence-electron chi connectivity index (χ3n) is 3.31. The van der Waals surface area contributed by atoms with E-state index in [-0.39, 0.29) is 25.3 Å². The molecule has 1 atom stereocenters. The van der Waals surface area contributed by atoms with Gasteiger partial charge in [-0.25, -0.2) is 9.89 Å². The number of carboxylic acids is 1. The number of aryl methyl sites for hydroxylation is 1. The molecule has 0 aromatic carbocycles. The normalized spacial score (nSPS) is 18.9. The first kappa shape index (κ1) is 14.2. The highest BCUT2D eigenvalue weighted by molar-refractivity contribution is 5.95. The van der Waals surface area contributed by atoms with E-state index < -0.39 is 23.5 Å². The number of aromatic nitrogens is 2. The summed E-state index contributed by atoms with van der Waals surface area (Å²) in [6.45, 7) is 3.63. The van der Waals surface area contributed by atoms with Gasteiger partial charge in [0.2, 0.25) is 0 Å². The van der Waals surface area contributed by atoms with E-state index >= 15 is 0 Å². The molecule has 2 heterocycles. The summed E-state index contributed by atoms with van der Waals surface area (Å²) < 4.78 is 5.05. The van der Waals surface area contributed by atoms with Crippen LogP contribution < -0.4 is 5.56 Å². The minimum atomic E-state index is -1.13. The summed E-state index contributed by atoms with van der Waals surface area (Å²) in [5.41, 5.74) is 0.480. The highest BCUT2D eigenvalue weighted by atomic mass is 16.5. The molecule has 1 amide bonds. The number of carbonyl (C=O) groups is 2. The molecule has 1 saturated heterocycles. The maximum absolute atomic E-state index is 12.4. The lowest BCUT2D eigenvalue weighted by molar-refractivity contribution is -0.154. The number of carbonyl (C=O) groups excluding carboxylic acids is 1. The van der Waals surface area contributed by atoms with E-state index in [0.29, 0.717) is 11.3 Å². The Morgan fingerprint density at radius 2 is 2.15 bits per heavy atom. The van der Waals surface area contributed by atoms with E-state index in [4.69, 9.17) is 9.84 Å². The third-order valence-corrected chi connectivity index (χ3v) is 3.31.